The third-order valence-electron chi connectivity index (χ3n) is 4.62. The van der Waals surface area contributed by atoms with Crippen LogP contribution >= 0.6 is 0 Å². The molecule has 2 aliphatic carbocycles. The van der Waals surface area contributed by atoms with E-state index in [0.29, 0.717) is 18.3 Å². The first kappa shape index (κ1) is 13.0. The Kier molecular flexibility index (Phi) is 3.76. The standard InChI is InChI=1S/C17H23FO/c1-12-15(10-13-6-7-13)8-9-16(17(12)18)19-11-14-4-2-3-5-14/h8-9,13-14H,2-7,10-11H2,1H3. The van der Waals surface area contributed by atoms with E-state index in [1.165, 1.54) is 38.5 Å². The van der Waals surface area contributed by atoms with E-state index in [0.717, 1.165) is 23.5 Å². The average molecular weight is 262 g/mol. The molecule has 0 unspecified atom stereocenters. The summed E-state index contributed by atoms with van der Waals surface area (Å²) in [5, 5.41) is 0. The summed E-state index contributed by atoms with van der Waals surface area (Å²) >= 11 is 0. The molecule has 0 radical (unpaired) electrons. The van der Waals surface area contributed by atoms with Crippen LogP contribution in [0.25, 0.3) is 0 Å². The van der Waals surface area contributed by atoms with Gasteiger partial charge in [-0.3, -0.25) is 0 Å². The summed E-state index contributed by atoms with van der Waals surface area (Å²) in [6, 6.07) is 3.88. The lowest BCUT2D eigenvalue weighted by molar-refractivity contribution is 0.241. The molecule has 0 saturated heterocycles. The van der Waals surface area contributed by atoms with E-state index in [9.17, 15) is 4.39 Å². The van der Waals surface area contributed by atoms with Gasteiger partial charge in [-0.15, -0.1) is 0 Å². The zero-order valence-corrected chi connectivity index (χ0v) is 11.8. The molecule has 1 nitrogen and oxygen atoms in total. The van der Waals surface area contributed by atoms with Crippen molar-refractivity contribution >= 4 is 0 Å². The number of rotatable bonds is 5. The second-order valence-corrected chi connectivity index (χ2v) is 6.27. The normalized spacial score (nSPS) is 19.9. The van der Waals surface area contributed by atoms with Crippen molar-refractivity contribution in [1.82, 2.24) is 0 Å². The summed E-state index contributed by atoms with van der Waals surface area (Å²) in [7, 11) is 0. The lowest BCUT2D eigenvalue weighted by Gasteiger charge is -2.14. The molecular weight excluding hydrogens is 239 g/mol. The molecule has 104 valence electrons. The van der Waals surface area contributed by atoms with Crippen molar-refractivity contribution in [1.29, 1.82) is 0 Å². The van der Waals surface area contributed by atoms with Gasteiger partial charge in [-0.1, -0.05) is 18.9 Å². The first-order chi connectivity index (χ1) is 9.24. The summed E-state index contributed by atoms with van der Waals surface area (Å²) in [6.07, 6.45) is 8.72. The summed E-state index contributed by atoms with van der Waals surface area (Å²) in [4.78, 5) is 0. The Labute approximate surface area is 115 Å². The maximum Gasteiger partial charge on any atom is 0.168 e. The smallest absolute Gasteiger partial charge is 0.168 e. The molecule has 2 aliphatic rings. The van der Waals surface area contributed by atoms with Gasteiger partial charge in [0.1, 0.15) is 0 Å². The minimum Gasteiger partial charge on any atom is -0.490 e. The highest BCUT2D eigenvalue weighted by molar-refractivity contribution is 5.37. The van der Waals surface area contributed by atoms with Crippen LogP contribution < -0.4 is 4.74 Å². The Balaban J connectivity index is 1.65. The van der Waals surface area contributed by atoms with Crippen LogP contribution in [0.4, 0.5) is 4.39 Å². The molecule has 19 heavy (non-hydrogen) atoms. The number of hydrogen-bond acceptors (Lipinski definition) is 1. The van der Waals surface area contributed by atoms with Gasteiger partial charge >= 0.3 is 0 Å². The monoisotopic (exact) mass is 262 g/mol. The molecule has 0 N–H and O–H groups in total. The molecule has 0 heterocycles. The maximum absolute atomic E-state index is 14.3. The fourth-order valence-corrected chi connectivity index (χ4v) is 3.05. The van der Waals surface area contributed by atoms with Crippen LogP contribution in [0.3, 0.4) is 0 Å². The van der Waals surface area contributed by atoms with Crippen LogP contribution in [0.1, 0.15) is 49.7 Å². The molecule has 0 aromatic heterocycles. The summed E-state index contributed by atoms with van der Waals surface area (Å²) in [6.45, 7) is 2.56. The minimum absolute atomic E-state index is 0.142. The molecule has 0 aliphatic heterocycles. The predicted molar refractivity (Wildman–Crippen MR) is 75.0 cm³/mol. The molecule has 0 spiro atoms. The molecular formula is C17H23FO. The largest absolute Gasteiger partial charge is 0.490 e. The number of ether oxygens (including phenoxy) is 1. The first-order valence-corrected chi connectivity index (χ1v) is 7.65. The maximum atomic E-state index is 14.3. The lowest BCUT2D eigenvalue weighted by atomic mass is 10.0. The Morgan fingerprint density at radius 3 is 2.53 bits per heavy atom. The molecule has 0 atom stereocenters. The third kappa shape index (κ3) is 3.10. The van der Waals surface area contributed by atoms with Crippen molar-refractivity contribution in [2.24, 2.45) is 11.8 Å². The summed E-state index contributed by atoms with van der Waals surface area (Å²) < 4.78 is 20.0. The van der Waals surface area contributed by atoms with Crippen molar-refractivity contribution in [2.45, 2.75) is 51.9 Å². The molecule has 2 heteroatoms. The summed E-state index contributed by atoms with van der Waals surface area (Å²) in [5.74, 6) is 1.73. The van der Waals surface area contributed by atoms with Crippen molar-refractivity contribution in [3.63, 3.8) is 0 Å². The van der Waals surface area contributed by atoms with Gasteiger partial charge < -0.3 is 4.74 Å². The van der Waals surface area contributed by atoms with Gasteiger partial charge in [0.15, 0.2) is 11.6 Å². The van der Waals surface area contributed by atoms with Crippen LogP contribution in [0.15, 0.2) is 12.1 Å². The first-order valence-electron chi connectivity index (χ1n) is 7.65. The Morgan fingerprint density at radius 2 is 1.84 bits per heavy atom. The second-order valence-electron chi connectivity index (χ2n) is 6.27. The van der Waals surface area contributed by atoms with Crippen LogP contribution in [-0.2, 0) is 6.42 Å². The molecule has 2 saturated carbocycles. The molecule has 3 rings (SSSR count). The van der Waals surface area contributed by atoms with Gasteiger partial charge in [-0.2, -0.15) is 0 Å². The van der Waals surface area contributed by atoms with Gasteiger partial charge in [0.05, 0.1) is 6.61 Å². The summed E-state index contributed by atoms with van der Waals surface area (Å²) in [5.41, 5.74) is 1.95. The van der Waals surface area contributed by atoms with E-state index in [-0.39, 0.29) is 5.82 Å². The SMILES string of the molecule is Cc1c(CC2CC2)ccc(OCC2CCCC2)c1F. The van der Waals surface area contributed by atoms with Crippen LogP contribution in [0, 0.1) is 24.6 Å². The van der Waals surface area contributed by atoms with Gasteiger partial charge in [0.2, 0.25) is 0 Å². The zero-order chi connectivity index (χ0) is 13.2. The van der Waals surface area contributed by atoms with E-state index in [4.69, 9.17) is 4.74 Å². The number of hydrogen-bond donors (Lipinski definition) is 0. The van der Waals surface area contributed by atoms with E-state index >= 15 is 0 Å². The molecule has 1 aromatic carbocycles. The van der Waals surface area contributed by atoms with Crippen LogP contribution in [-0.4, -0.2) is 6.61 Å². The van der Waals surface area contributed by atoms with Crippen molar-refractivity contribution < 1.29 is 9.13 Å². The van der Waals surface area contributed by atoms with Crippen LogP contribution in [0.2, 0.25) is 0 Å². The average Bonchev–Trinajstić information content (AvgIpc) is 3.07. The Morgan fingerprint density at radius 1 is 1.11 bits per heavy atom. The highest BCUT2D eigenvalue weighted by Gasteiger charge is 2.23. The number of benzene rings is 1. The molecule has 1 aromatic rings. The van der Waals surface area contributed by atoms with E-state index in [2.05, 4.69) is 6.07 Å². The molecule has 2 fully saturated rings. The fourth-order valence-electron chi connectivity index (χ4n) is 3.05. The van der Waals surface area contributed by atoms with Gasteiger partial charge in [0, 0.05) is 0 Å². The van der Waals surface area contributed by atoms with E-state index in [1.54, 1.807) is 0 Å². The predicted octanol–water partition coefficient (Wildman–Crippen LogP) is 4.66. The second kappa shape index (κ2) is 5.52. The Hall–Kier alpha value is -1.05. The third-order valence-corrected chi connectivity index (χ3v) is 4.62. The highest BCUT2D eigenvalue weighted by Crippen LogP contribution is 2.35. The molecule has 0 bridgehead atoms. The van der Waals surface area contributed by atoms with Crippen LogP contribution in [0.5, 0.6) is 5.75 Å². The molecule has 0 amide bonds. The fraction of sp³-hybridized carbons (Fsp3) is 0.647. The quantitative estimate of drug-likeness (QED) is 0.750. The van der Waals surface area contributed by atoms with Crippen molar-refractivity contribution in [3.05, 3.63) is 29.1 Å². The van der Waals surface area contributed by atoms with Gasteiger partial charge in [0.25, 0.3) is 0 Å². The van der Waals surface area contributed by atoms with E-state index in [1.807, 2.05) is 13.0 Å². The van der Waals surface area contributed by atoms with Gasteiger partial charge in [-0.05, 0) is 68.1 Å². The lowest BCUT2D eigenvalue weighted by Crippen LogP contribution is -2.09. The Bertz CT molecular complexity index is 445. The van der Waals surface area contributed by atoms with E-state index < -0.39 is 0 Å². The van der Waals surface area contributed by atoms with Crippen molar-refractivity contribution in [3.8, 4) is 5.75 Å². The minimum atomic E-state index is -0.142. The topological polar surface area (TPSA) is 9.23 Å². The van der Waals surface area contributed by atoms with Crippen molar-refractivity contribution in [2.75, 3.05) is 6.61 Å². The number of halogens is 1. The zero-order valence-electron chi connectivity index (χ0n) is 11.8. The van der Waals surface area contributed by atoms with Gasteiger partial charge in [-0.25, -0.2) is 4.39 Å². The highest BCUT2D eigenvalue weighted by atomic mass is 19.1.